The predicted octanol–water partition coefficient (Wildman–Crippen LogP) is 2.62. The van der Waals surface area contributed by atoms with Crippen molar-refractivity contribution < 1.29 is 4.79 Å². The van der Waals surface area contributed by atoms with Crippen LogP contribution in [0.3, 0.4) is 0 Å². The normalized spacial score (nSPS) is 38.8. The molecule has 2 atom stereocenters. The van der Waals surface area contributed by atoms with Gasteiger partial charge in [-0.2, -0.15) is 12.6 Å². The molecule has 0 N–H and O–H groups in total. The molecule has 2 unspecified atom stereocenters. The Morgan fingerprint density at radius 2 is 2.46 bits per heavy atom. The van der Waals surface area contributed by atoms with Crippen molar-refractivity contribution in [2.45, 2.75) is 32.6 Å². The van der Waals surface area contributed by atoms with Crippen LogP contribution in [0.1, 0.15) is 32.6 Å². The van der Waals surface area contributed by atoms with Gasteiger partial charge < -0.3 is 0 Å². The Kier molecular flexibility index (Phi) is 2.26. The highest BCUT2D eigenvalue weighted by molar-refractivity contribution is 7.80. The van der Waals surface area contributed by atoms with E-state index in [1.165, 1.54) is 12.0 Å². The molecule has 1 fully saturated rings. The van der Waals surface area contributed by atoms with Gasteiger partial charge in [0, 0.05) is 18.1 Å². The molecule has 0 radical (unpaired) electrons. The van der Waals surface area contributed by atoms with Gasteiger partial charge in [-0.05, 0) is 24.7 Å². The van der Waals surface area contributed by atoms with Gasteiger partial charge in [0.25, 0.3) is 0 Å². The smallest absolute Gasteiger partial charge is 0.137 e. The van der Waals surface area contributed by atoms with Gasteiger partial charge in [-0.15, -0.1) is 0 Å². The number of fused-ring (bicyclic) bond motifs is 1. The number of allylic oxidation sites excluding steroid dienone is 1. The number of thiol groups is 1. The Morgan fingerprint density at radius 3 is 3.15 bits per heavy atom. The lowest BCUT2D eigenvalue weighted by atomic mass is 9.66. The number of ketones is 1. The molecule has 1 nitrogen and oxygen atoms in total. The van der Waals surface area contributed by atoms with E-state index in [-0.39, 0.29) is 11.3 Å². The van der Waals surface area contributed by atoms with Gasteiger partial charge in [0.1, 0.15) is 5.78 Å². The van der Waals surface area contributed by atoms with Crippen molar-refractivity contribution in [3.8, 4) is 0 Å². The zero-order valence-corrected chi connectivity index (χ0v) is 8.94. The van der Waals surface area contributed by atoms with Crippen LogP contribution in [0, 0.1) is 11.3 Å². The third-order valence-corrected chi connectivity index (χ3v) is 4.12. The zero-order chi connectivity index (χ0) is 9.47. The minimum absolute atomic E-state index is 0.164. The molecule has 0 saturated heterocycles. The highest BCUT2D eigenvalue weighted by atomic mass is 32.1. The maximum Gasteiger partial charge on any atom is 0.137 e. The van der Waals surface area contributed by atoms with Crippen molar-refractivity contribution in [3.63, 3.8) is 0 Å². The van der Waals surface area contributed by atoms with Crippen LogP contribution in [0.15, 0.2) is 11.6 Å². The van der Waals surface area contributed by atoms with Crippen molar-refractivity contribution in [1.82, 2.24) is 0 Å². The van der Waals surface area contributed by atoms with Gasteiger partial charge >= 0.3 is 0 Å². The maximum absolute atomic E-state index is 11.7. The molecule has 13 heavy (non-hydrogen) atoms. The topological polar surface area (TPSA) is 17.1 Å². The van der Waals surface area contributed by atoms with Gasteiger partial charge in [-0.3, -0.25) is 4.79 Å². The maximum atomic E-state index is 11.7. The number of rotatable bonds is 1. The molecule has 0 aromatic rings. The number of carbonyl (C=O) groups excluding carboxylic acids is 1. The Balaban J connectivity index is 2.29. The molecule has 2 heteroatoms. The first-order chi connectivity index (χ1) is 6.18. The second-order valence-corrected chi connectivity index (χ2v) is 4.73. The summed E-state index contributed by atoms with van der Waals surface area (Å²) in [5.74, 6) is 1.57. The van der Waals surface area contributed by atoms with Gasteiger partial charge in [0.2, 0.25) is 0 Å². The minimum atomic E-state index is 0.164. The zero-order valence-electron chi connectivity index (χ0n) is 8.05. The average molecular weight is 196 g/mol. The largest absolute Gasteiger partial charge is 0.299 e. The molecular formula is C11H16OS. The lowest BCUT2D eigenvalue weighted by Gasteiger charge is -2.37. The molecule has 0 aromatic heterocycles. The number of hydrogen-bond acceptors (Lipinski definition) is 2. The van der Waals surface area contributed by atoms with Crippen LogP contribution in [0.4, 0.5) is 0 Å². The van der Waals surface area contributed by atoms with Crippen LogP contribution in [0.25, 0.3) is 0 Å². The fourth-order valence-electron chi connectivity index (χ4n) is 2.85. The van der Waals surface area contributed by atoms with Crippen molar-refractivity contribution in [1.29, 1.82) is 0 Å². The fourth-order valence-corrected chi connectivity index (χ4v) is 3.34. The van der Waals surface area contributed by atoms with Gasteiger partial charge in [-0.25, -0.2) is 0 Å². The molecule has 2 aliphatic rings. The first kappa shape index (κ1) is 9.32. The average Bonchev–Trinajstić information content (AvgIpc) is 2.43. The molecule has 0 amide bonds. The number of Topliss-reactive ketones (excluding diaryl/α,β-unsaturated/α-hetero) is 1. The first-order valence-electron chi connectivity index (χ1n) is 5.01. The standard InChI is InChI=1S/C11H16OS/c1-11-6-2-3-10(12)9(11)5-4-8(11)7-13/h4,9,13H,2-3,5-7H2,1H3. The predicted molar refractivity (Wildman–Crippen MR) is 57.0 cm³/mol. The summed E-state index contributed by atoms with van der Waals surface area (Å²) in [6.45, 7) is 2.24. The molecule has 0 aliphatic heterocycles. The highest BCUT2D eigenvalue weighted by Crippen LogP contribution is 2.51. The summed E-state index contributed by atoms with van der Waals surface area (Å²) in [5, 5.41) is 0. The van der Waals surface area contributed by atoms with Crippen molar-refractivity contribution in [3.05, 3.63) is 11.6 Å². The lowest BCUT2D eigenvalue weighted by Crippen LogP contribution is -2.35. The van der Waals surface area contributed by atoms with Crippen LogP contribution >= 0.6 is 12.6 Å². The Bertz CT molecular complexity index is 269. The second kappa shape index (κ2) is 3.16. The molecule has 0 spiro atoms. The monoisotopic (exact) mass is 196 g/mol. The summed E-state index contributed by atoms with van der Waals surface area (Å²) < 4.78 is 0. The summed E-state index contributed by atoms with van der Waals surface area (Å²) in [6.07, 6.45) is 6.24. The van der Waals surface area contributed by atoms with E-state index in [4.69, 9.17) is 0 Å². The second-order valence-electron chi connectivity index (χ2n) is 4.41. The summed E-state index contributed by atoms with van der Waals surface area (Å²) >= 11 is 4.34. The fraction of sp³-hybridized carbons (Fsp3) is 0.727. The van der Waals surface area contributed by atoms with E-state index in [0.717, 1.165) is 25.0 Å². The Labute approximate surface area is 85.0 Å². The lowest BCUT2D eigenvalue weighted by molar-refractivity contribution is -0.127. The van der Waals surface area contributed by atoms with E-state index in [9.17, 15) is 4.79 Å². The highest BCUT2D eigenvalue weighted by Gasteiger charge is 2.45. The summed E-state index contributed by atoms with van der Waals surface area (Å²) in [6, 6.07) is 0. The minimum Gasteiger partial charge on any atom is -0.299 e. The molecular weight excluding hydrogens is 180 g/mol. The van der Waals surface area contributed by atoms with Crippen LogP contribution < -0.4 is 0 Å². The molecule has 1 saturated carbocycles. The molecule has 0 aromatic carbocycles. The molecule has 2 rings (SSSR count). The third kappa shape index (κ3) is 1.26. The van der Waals surface area contributed by atoms with Crippen LogP contribution in [-0.2, 0) is 4.79 Å². The van der Waals surface area contributed by atoms with Crippen molar-refractivity contribution >= 4 is 18.4 Å². The van der Waals surface area contributed by atoms with Gasteiger partial charge in [-0.1, -0.05) is 18.6 Å². The van der Waals surface area contributed by atoms with E-state index in [2.05, 4.69) is 25.6 Å². The number of carbonyl (C=O) groups is 1. The summed E-state index contributed by atoms with van der Waals surface area (Å²) in [5.41, 5.74) is 1.56. The van der Waals surface area contributed by atoms with E-state index in [0.29, 0.717) is 5.78 Å². The molecule has 0 heterocycles. The SMILES string of the molecule is CC12CCCC(=O)C1CC=C2CS. The number of hydrogen-bond donors (Lipinski definition) is 1. The van der Waals surface area contributed by atoms with E-state index in [1.54, 1.807) is 0 Å². The molecule has 2 aliphatic carbocycles. The van der Waals surface area contributed by atoms with Gasteiger partial charge in [0.15, 0.2) is 0 Å². The quantitative estimate of drug-likeness (QED) is 0.504. The Hall–Kier alpha value is -0.240. The van der Waals surface area contributed by atoms with Crippen molar-refractivity contribution in [2.75, 3.05) is 5.75 Å². The van der Waals surface area contributed by atoms with Crippen LogP contribution in [-0.4, -0.2) is 11.5 Å². The summed E-state index contributed by atoms with van der Waals surface area (Å²) in [4.78, 5) is 11.7. The summed E-state index contributed by atoms with van der Waals surface area (Å²) in [7, 11) is 0. The van der Waals surface area contributed by atoms with Crippen LogP contribution in [0.2, 0.25) is 0 Å². The van der Waals surface area contributed by atoms with E-state index in [1.807, 2.05) is 0 Å². The molecule has 72 valence electrons. The van der Waals surface area contributed by atoms with E-state index >= 15 is 0 Å². The van der Waals surface area contributed by atoms with Gasteiger partial charge in [0.05, 0.1) is 0 Å². The molecule has 0 bridgehead atoms. The van der Waals surface area contributed by atoms with E-state index < -0.39 is 0 Å². The van der Waals surface area contributed by atoms with Crippen LogP contribution in [0.5, 0.6) is 0 Å². The first-order valence-corrected chi connectivity index (χ1v) is 5.65. The van der Waals surface area contributed by atoms with Crippen molar-refractivity contribution in [2.24, 2.45) is 11.3 Å². The third-order valence-electron chi connectivity index (χ3n) is 3.78. The Morgan fingerprint density at radius 1 is 1.69 bits per heavy atom.